The zero-order valence-electron chi connectivity index (χ0n) is 20.8. The fraction of sp³-hybridized carbons (Fsp3) is 0.778. The van der Waals surface area contributed by atoms with Gasteiger partial charge in [0.1, 0.15) is 12.2 Å². The van der Waals surface area contributed by atoms with Gasteiger partial charge in [-0.1, -0.05) is 25.5 Å². The van der Waals surface area contributed by atoms with Crippen molar-refractivity contribution in [1.82, 2.24) is 0 Å². The number of aliphatic carboxylic acids is 2. The second-order valence-corrected chi connectivity index (χ2v) is 11.5. The minimum absolute atomic E-state index is 0.0708. The van der Waals surface area contributed by atoms with Crippen molar-refractivity contribution in [1.29, 1.82) is 0 Å². The van der Waals surface area contributed by atoms with Crippen LogP contribution in [-0.2, 0) is 28.7 Å². The van der Waals surface area contributed by atoms with Crippen LogP contribution >= 0.6 is 0 Å². The standard InChI is InChI=1S/C27H38O8/c1-26-13-11-17(34-24(32)9-7-22(28)29)15-16(26)3-4-18-19-5-6-21(27(19,2)14-12-20(18)26)35-25(33)10-8-23(30)31/h3,17-21H,4-15H2,1-2H3,(H,28,29)(H,30,31)/t17-,18?,19?,20-,21-,26-,27-/m0/s1. The summed E-state index contributed by atoms with van der Waals surface area (Å²) in [6.07, 6.45) is 8.85. The molecule has 0 aromatic rings. The van der Waals surface area contributed by atoms with Crippen LogP contribution < -0.4 is 0 Å². The van der Waals surface area contributed by atoms with E-state index in [1.807, 2.05) is 0 Å². The lowest BCUT2D eigenvalue weighted by atomic mass is 9.48. The first kappa shape index (κ1) is 25.7. The third-order valence-electron chi connectivity index (χ3n) is 9.63. The number of esters is 2. The highest BCUT2D eigenvalue weighted by Gasteiger charge is 2.59. The second-order valence-electron chi connectivity index (χ2n) is 11.5. The van der Waals surface area contributed by atoms with Crippen molar-refractivity contribution in [2.75, 3.05) is 0 Å². The Morgan fingerprint density at radius 3 is 2.17 bits per heavy atom. The summed E-state index contributed by atoms with van der Waals surface area (Å²) in [4.78, 5) is 45.8. The number of carbonyl (C=O) groups is 4. The molecule has 3 fully saturated rings. The predicted molar refractivity (Wildman–Crippen MR) is 125 cm³/mol. The van der Waals surface area contributed by atoms with Crippen molar-refractivity contribution in [3.8, 4) is 0 Å². The molecule has 2 unspecified atom stereocenters. The Bertz CT molecular complexity index is 909. The van der Waals surface area contributed by atoms with Crippen molar-refractivity contribution >= 4 is 23.9 Å². The first-order valence-electron chi connectivity index (χ1n) is 13.0. The number of hydrogen-bond acceptors (Lipinski definition) is 6. The summed E-state index contributed by atoms with van der Waals surface area (Å²) >= 11 is 0. The quantitative estimate of drug-likeness (QED) is 0.376. The summed E-state index contributed by atoms with van der Waals surface area (Å²) in [5, 5.41) is 17.6. The smallest absolute Gasteiger partial charge is 0.306 e. The van der Waals surface area contributed by atoms with Crippen molar-refractivity contribution in [3.63, 3.8) is 0 Å². The molecule has 194 valence electrons. The topological polar surface area (TPSA) is 127 Å². The van der Waals surface area contributed by atoms with E-state index in [2.05, 4.69) is 19.9 Å². The molecule has 0 spiro atoms. The molecule has 0 radical (unpaired) electrons. The summed E-state index contributed by atoms with van der Waals surface area (Å²) in [7, 11) is 0. The monoisotopic (exact) mass is 490 g/mol. The number of carboxylic acid groups (broad SMARTS) is 2. The number of rotatable bonds is 8. The summed E-state index contributed by atoms with van der Waals surface area (Å²) in [6.45, 7) is 4.62. The summed E-state index contributed by atoms with van der Waals surface area (Å²) < 4.78 is 11.4. The van der Waals surface area contributed by atoms with Crippen molar-refractivity contribution in [2.24, 2.45) is 28.6 Å². The Kier molecular flexibility index (Phi) is 7.30. The third-order valence-corrected chi connectivity index (χ3v) is 9.63. The minimum Gasteiger partial charge on any atom is -0.481 e. The van der Waals surface area contributed by atoms with Crippen LogP contribution in [0, 0.1) is 28.6 Å². The number of allylic oxidation sites excluding steroid dienone is 1. The number of ether oxygens (including phenoxy) is 2. The van der Waals surface area contributed by atoms with E-state index in [0.717, 1.165) is 51.4 Å². The third kappa shape index (κ3) is 5.12. The van der Waals surface area contributed by atoms with Crippen LogP contribution in [-0.4, -0.2) is 46.3 Å². The van der Waals surface area contributed by atoms with Gasteiger partial charge in [0.05, 0.1) is 25.7 Å². The molecule has 0 aromatic heterocycles. The molecule has 0 aliphatic heterocycles. The van der Waals surface area contributed by atoms with Gasteiger partial charge in [-0.3, -0.25) is 19.2 Å². The van der Waals surface area contributed by atoms with Crippen molar-refractivity contribution < 1.29 is 38.9 Å². The predicted octanol–water partition coefficient (Wildman–Crippen LogP) is 4.50. The molecule has 8 nitrogen and oxygen atoms in total. The van der Waals surface area contributed by atoms with E-state index in [9.17, 15) is 19.2 Å². The largest absolute Gasteiger partial charge is 0.481 e. The van der Waals surface area contributed by atoms with Gasteiger partial charge < -0.3 is 19.7 Å². The zero-order valence-corrected chi connectivity index (χ0v) is 20.8. The van der Waals surface area contributed by atoms with E-state index < -0.39 is 23.9 Å². The lowest BCUT2D eigenvalue weighted by molar-refractivity contribution is -0.161. The van der Waals surface area contributed by atoms with Crippen LogP contribution in [0.3, 0.4) is 0 Å². The van der Waals surface area contributed by atoms with E-state index >= 15 is 0 Å². The highest BCUT2D eigenvalue weighted by atomic mass is 16.5. The van der Waals surface area contributed by atoms with Crippen molar-refractivity contribution in [2.45, 2.75) is 103 Å². The average Bonchev–Trinajstić information content (AvgIpc) is 3.12. The first-order valence-corrected chi connectivity index (χ1v) is 13.0. The molecule has 8 heteroatoms. The van der Waals surface area contributed by atoms with Gasteiger partial charge >= 0.3 is 23.9 Å². The van der Waals surface area contributed by atoms with E-state index in [4.69, 9.17) is 19.7 Å². The van der Waals surface area contributed by atoms with Gasteiger partial charge in [-0.15, -0.1) is 0 Å². The van der Waals surface area contributed by atoms with Crippen LogP contribution in [0.2, 0.25) is 0 Å². The Morgan fingerprint density at radius 2 is 1.51 bits per heavy atom. The lowest BCUT2D eigenvalue weighted by Crippen LogP contribution is -2.51. The van der Waals surface area contributed by atoms with Gasteiger partial charge in [0.15, 0.2) is 0 Å². The maximum absolute atomic E-state index is 12.3. The SMILES string of the molecule is C[C@]12CC[C@H](OC(=O)CCC(=O)O)CC1=CCC1C3CC[C@H](OC(=O)CCC(=O)O)[C@@]3(C)CC[C@@H]12. The fourth-order valence-corrected chi connectivity index (χ4v) is 7.75. The van der Waals surface area contributed by atoms with E-state index in [-0.39, 0.29) is 48.7 Å². The normalized spacial score (nSPS) is 37.8. The van der Waals surface area contributed by atoms with Crippen LogP contribution in [0.4, 0.5) is 0 Å². The number of hydrogen-bond donors (Lipinski definition) is 2. The summed E-state index contributed by atoms with van der Waals surface area (Å²) in [6, 6.07) is 0. The fourth-order valence-electron chi connectivity index (χ4n) is 7.75. The van der Waals surface area contributed by atoms with Crippen LogP contribution in [0.1, 0.15) is 90.9 Å². The Hall–Kier alpha value is -2.38. The Morgan fingerprint density at radius 1 is 0.857 bits per heavy atom. The molecular weight excluding hydrogens is 452 g/mol. The number of carbonyl (C=O) groups excluding carboxylic acids is 2. The average molecular weight is 491 g/mol. The number of fused-ring (bicyclic) bond motifs is 5. The highest BCUT2D eigenvalue weighted by molar-refractivity contribution is 5.77. The molecule has 0 amide bonds. The van der Waals surface area contributed by atoms with Gasteiger partial charge in [0.2, 0.25) is 0 Å². The van der Waals surface area contributed by atoms with Gasteiger partial charge in [0.25, 0.3) is 0 Å². The van der Waals surface area contributed by atoms with Gasteiger partial charge in [0, 0.05) is 11.8 Å². The second kappa shape index (κ2) is 9.94. The first-order chi connectivity index (χ1) is 16.5. The molecule has 35 heavy (non-hydrogen) atoms. The summed E-state index contributed by atoms with van der Waals surface area (Å²) in [5.74, 6) is -1.27. The molecule has 0 aromatic carbocycles. The number of carboxylic acids is 2. The zero-order chi connectivity index (χ0) is 25.4. The van der Waals surface area contributed by atoms with Gasteiger partial charge in [-0.05, 0) is 68.1 Å². The highest BCUT2D eigenvalue weighted by Crippen LogP contribution is 2.65. The molecule has 0 saturated heterocycles. The maximum Gasteiger partial charge on any atom is 0.306 e. The van der Waals surface area contributed by atoms with Gasteiger partial charge in [-0.25, -0.2) is 0 Å². The Balaban J connectivity index is 1.40. The maximum atomic E-state index is 12.3. The molecule has 7 atom stereocenters. The van der Waals surface area contributed by atoms with Gasteiger partial charge in [-0.2, -0.15) is 0 Å². The minimum atomic E-state index is -0.993. The molecular formula is C27H38O8. The van der Waals surface area contributed by atoms with Crippen LogP contribution in [0.25, 0.3) is 0 Å². The van der Waals surface area contributed by atoms with E-state index in [1.165, 1.54) is 5.57 Å². The molecule has 4 aliphatic carbocycles. The van der Waals surface area contributed by atoms with E-state index in [0.29, 0.717) is 17.8 Å². The molecule has 0 heterocycles. The molecule has 3 saturated carbocycles. The lowest BCUT2D eigenvalue weighted by Gasteiger charge is -2.57. The molecule has 4 aliphatic rings. The molecule has 0 bridgehead atoms. The van der Waals surface area contributed by atoms with E-state index in [1.54, 1.807) is 0 Å². The Labute approximate surface area is 206 Å². The van der Waals surface area contributed by atoms with Crippen LogP contribution in [0.5, 0.6) is 0 Å². The molecule has 4 rings (SSSR count). The van der Waals surface area contributed by atoms with Crippen LogP contribution in [0.15, 0.2) is 11.6 Å². The van der Waals surface area contributed by atoms with Crippen molar-refractivity contribution in [3.05, 3.63) is 11.6 Å². The molecule has 2 N–H and O–H groups in total. The summed E-state index contributed by atoms with van der Waals surface area (Å²) in [5.41, 5.74) is 1.38.